The Hall–Kier alpha value is -0.890. The van der Waals surface area contributed by atoms with Gasteiger partial charge >= 0.3 is 0 Å². The molecule has 0 amide bonds. The summed E-state index contributed by atoms with van der Waals surface area (Å²) in [5.74, 6) is -0.168. The Morgan fingerprint density at radius 2 is 1.69 bits per heavy atom. The molecule has 1 rings (SSSR count). The molecule has 0 saturated carbocycles. The van der Waals surface area contributed by atoms with Gasteiger partial charge in [0.25, 0.3) is 0 Å². The van der Waals surface area contributed by atoms with Crippen molar-refractivity contribution in [3.05, 3.63) is 35.6 Å². The van der Waals surface area contributed by atoms with Gasteiger partial charge in [0.1, 0.15) is 5.82 Å². The van der Waals surface area contributed by atoms with E-state index in [9.17, 15) is 4.39 Å². The van der Waals surface area contributed by atoms with Gasteiger partial charge in [0, 0.05) is 0 Å². The Morgan fingerprint density at radius 1 is 1.15 bits per heavy atom. The lowest BCUT2D eigenvalue weighted by Gasteiger charge is -1.98. The molecule has 0 bridgehead atoms. The lowest BCUT2D eigenvalue weighted by atomic mass is 10.1. The Bertz CT molecular complexity index is 206. The zero-order chi connectivity index (χ0) is 10.1. The van der Waals surface area contributed by atoms with E-state index in [-0.39, 0.29) is 5.82 Å². The van der Waals surface area contributed by atoms with Gasteiger partial charge in [-0.15, -0.1) is 0 Å². The zero-order valence-corrected chi connectivity index (χ0v) is 8.60. The normalized spacial score (nSPS) is 8.92. The summed E-state index contributed by atoms with van der Waals surface area (Å²) in [6.45, 7) is 4.94. The molecule has 0 unspecified atom stereocenters. The fourth-order valence-corrected chi connectivity index (χ4v) is 0.920. The van der Waals surface area contributed by atoms with Crippen molar-refractivity contribution in [2.45, 2.75) is 20.3 Å². The Kier molecular flexibility index (Phi) is 7.21. The predicted octanol–water partition coefficient (Wildman–Crippen LogP) is 2.61. The fraction of sp³-hybridized carbons (Fsp3) is 0.455. The zero-order valence-electron chi connectivity index (χ0n) is 8.60. The first-order valence-corrected chi connectivity index (χ1v) is 4.72. The van der Waals surface area contributed by atoms with E-state index in [1.54, 1.807) is 0 Å². The number of halogens is 1. The average molecular weight is 183 g/mol. The Balaban J connectivity index is 0.000000671. The highest BCUT2D eigenvalue weighted by Gasteiger charge is 1.91. The second kappa shape index (κ2) is 7.74. The molecule has 13 heavy (non-hydrogen) atoms. The fourth-order valence-electron chi connectivity index (χ4n) is 0.920. The summed E-state index contributed by atoms with van der Waals surface area (Å²) in [4.78, 5) is 0. The van der Waals surface area contributed by atoms with E-state index in [0.717, 1.165) is 13.0 Å². The molecule has 2 heteroatoms. The molecule has 0 radical (unpaired) electrons. The largest absolute Gasteiger partial charge is 0.319 e. The Labute approximate surface area is 80.0 Å². The van der Waals surface area contributed by atoms with E-state index < -0.39 is 0 Å². The molecule has 0 aliphatic heterocycles. The van der Waals surface area contributed by atoms with Gasteiger partial charge in [-0.25, -0.2) is 4.39 Å². The van der Waals surface area contributed by atoms with Crippen LogP contribution in [-0.2, 0) is 6.42 Å². The minimum Gasteiger partial charge on any atom is -0.319 e. The van der Waals surface area contributed by atoms with Crippen LogP contribution in [0.4, 0.5) is 4.39 Å². The maximum Gasteiger partial charge on any atom is 0.123 e. The molecular formula is C11H18FN. The van der Waals surface area contributed by atoms with Crippen LogP contribution in [0.15, 0.2) is 24.3 Å². The molecule has 0 spiro atoms. The maximum atomic E-state index is 12.4. The van der Waals surface area contributed by atoms with Crippen molar-refractivity contribution < 1.29 is 4.39 Å². The molecular weight excluding hydrogens is 165 g/mol. The van der Waals surface area contributed by atoms with Crippen LogP contribution >= 0.6 is 0 Å². The quantitative estimate of drug-likeness (QED) is 0.759. The summed E-state index contributed by atoms with van der Waals surface area (Å²) in [5.41, 5.74) is 1.17. The summed E-state index contributed by atoms with van der Waals surface area (Å²) in [7, 11) is 1.91. The molecule has 1 nitrogen and oxygen atoms in total. The van der Waals surface area contributed by atoms with Gasteiger partial charge in [0.05, 0.1) is 0 Å². The first kappa shape index (κ1) is 12.1. The van der Waals surface area contributed by atoms with Gasteiger partial charge in [-0.3, -0.25) is 0 Å². The molecule has 1 N–H and O–H groups in total. The van der Waals surface area contributed by atoms with Crippen molar-refractivity contribution >= 4 is 0 Å². The third-order valence-corrected chi connectivity index (χ3v) is 1.58. The van der Waals surface area contributed by atoms with E-state index in [1.165, 1.54) is 17.7 Å². The van der Waals surface area contributed by atoms with E-state index in [1.807, 2.05) is 33.0 Å². The van der Waals surface area contributed by atoms with Crippen LogP contribution in [0.1, 0.15) is 19.4 Å². The molecule has 0 atom stereocenters. The maximum absolute atomic E-state index is 12.4. The lowest BCUT2D eigenvalue weighted by Crippen LogP contribution is -2.10. The molecule has 0 heterocycles. The third-order valence-electron chi connectivity index (χ3n) is 1.58. The minimum atomic E-state index is -0.168. The summed E-state index contributed by atoms with van der Waals surface area (Å²) in [5, 5.41) is 3.04. The number of nitrogens with one attached hydrogen (secondary N) is 1. The molecule has 0 fully saturated rings. The molecule has 0 saturated heterocycles. The highest BCUT2D eigenvalue weighted by molar-refractivity contribution is 5.16. The van der Waals surface area contributed by atoms with Crippen LogP contribution in [-0.4, -0.2) is 13.6 Å². The highest BCUT2D eigenvalue weighted by Crippen LogP contribution is 2.02. The van der Waals surface area contributed by atoms with Crippen molar-refractivity contribution in [2.75, 3.05) is 13.6 Å². The SMILES string of the molecule is CC.CNCCc1ccc(F)cc1. The van der Waals surface area contributed by atoms with E-state index in [4.69, 9.17) is 0 Å². The van der Waals surface area contributed by atoms with Crippen LogP contribution < -0.4 is 5.32 Å². The molecule has 1 aromatic rings. The monoisotopic (exact) mass is 183 g/mol. The molecule has 0 aliphatic carbocycles. The second-order valence-corrected chi connectivity index (χ2v) is 2.48. The number of hydrogen-bond acceptors (Lipinski definition) is 1. The smallest absolute Gasteiger partial charge is 0.123 e. The third kappa shape index (κ3) is 5.36. The first-order chi connectivity index (χ1) is 6.33. The molecule has 74 valence electrons. The van der Waals surface area contributed by atoms with Gasteiger partial charge in [-0.2, -0.15) is 0 Å². The van der Waals surface area contributed by atoms with Crippen molar-refractivity contribution in [3.63, 3.8) is 0 Å². The predicted molar refractivity (Wildman–Crippen MR) is 55.4 cm³/mol. The summed E-state index contributed by atoms with van der Waals surface area (Å²) in [6.07, 6.45) is 0.955. The first-order valence-electron chi connectivity index (χ1n) is 4.72. The lowest BCUT2D eigenvalue weighted by molar-refractivity contribution is 0.626. The standard InChI is InChI=1S/C9H12FN.C2H6/c1-11-7-6-8-2-4-9(10)5-3-8;1-2/h2-5,11H,6-7H2,1H3;1-2H3. The number of benzene rings is 1. The Morgan fingerprint density at radius 3 is 2.15 bits per heavy atom. The topological polar surface area (TPSA) is 12.0 Å². The van der Waals surface area contributed by atoms with Crippen LogP contribution in [0.3, 0.4) is 0 Å². The van der Waals surface area contributed by atoms with Gasteiger partial charge in [-0.05, 0) is 37.7 Å². The second-order valence-electron chi connectivity index (χ2n) is 2.48. The van der Waals surface area contributed by atoms with Crippen molar-refractivity contribution in [1.82, 2.24) is 5.32 Å². The van der Waals surface area contributed by atoms with E-state index in [0.29, 0.717) is 0 Å². The number of rotatable bonds is 3. The minimum absolute atomic E-state index is 0.168. The molecule has 1 aromatic carbocycles. The van der Waals surface area contributed by atoms with Crippen molar-refractivity contribution in [2.24, 2.45) is 0 Å². The summed E-state index contributed by atoms with van der Waals surface area (Å²) in [6, 6.07) is 6.61. The van der Waals surface area contributed by atoms with Crippen LogP contribution in [0.2, 0.25) is 0 Å². The summed E-state index contributed by atoms with van der Waals surface area (Å²) >= 11 is 0. The van der Waals surface area contributed by atoms with Crippen LogP contribution in [0, 0.1) is 5.82 Å². The van der Waals surface area contributed by atoms with Gasteiger partial charge in [0.2, 0.25) is 0 Å². The van der Waals surface area contributed by atoms with Gasteiger partial charge in [-0.1, -0.05) is 26.0 Å². The number of hydrogen-bond donors (Lipinski definition) is 1. The van der Waals surface area contributed by atoms with E-state index >= 15 is 0 Å². The van der Waals surface area contributed by atoms with Crippen LogP contribution in [0.5, 0.6) is 0 Å². The van der Waals surface area contributed by atoms with Crippen molar-refractivity contribution in [1.29, 1.82) is 0 Å². The van der Waals surface area contributed by atoms with Crippen LogP contribution in [0.25, 0.3) is 0 Å². The van der Waals surface area contributed by atoms with Crippen molar-refractivity contribution in [3.8, 4) is 0 Å². The molecule has 0 aliphatic rings. The highest BCUT2D eigenvalue weighted by atomic mass is 19.1. The van der Waals surface area contributed by atoms with E-state index in [2.05, 4.69) is 5.32 Å². The number of likely N-dealkylation sites (N-methyl/N-ethyl adjacent to an activating group) is 1. The average Bonchev–Trinajstić information content (AvgIpc) is 2.20. The molecule has 0 aromatic heterocycles. The van der Waals surface area contributed by atoms with Gasteiger partial charge < -0.3 is 5.32 Å². The van der Waals surface area contributed by atoms with Gasteiger partial charge in [0.15, 0.2) is 0 Å². The summed E-state index contributed by atoms with van der Waals surface area (Å²) < 4.78 is 12.4.